The van der Waals surface area contributed by atoms with Crippen LogP contribution >= 0.6 is 12.4 Å². The molecule has 2 heterocycles. The lowest BCUT2D eigenvalue weighted by Gasteiger charge is -2.12. The molecule has 1 aliphatic rings. The van der Waals surface area contributed by atoms with E-state index < -0.39 is 0 Å². The van der Waals surface area contributed by atoms with Gasteiger partial charge in [-0.15, -0.1) is 12.4 Å². The van der Waals surface area contributed by atoms with Crippen LogP contribution in [0.4, 0.5) is 0 Å². The minimum Gasteiger partial charge on any atom is -0.491 e. The molecule has 0 spiro atoms. The summed E-state index contributed by atoms with van der Waals surface area (Å²) in [6.45, 7) is 2.96. The van der Waals surface area contributed by atoms with Crippen molar-refractivity contribution in [3.8, 4) is 5.75 Å². The average molecular weight is 265 g/mol. The Morgan fingerprint density at radius 3 is 3.00 bits per heavy atom. The minimum absolute atomic E-state index is 0. The van der Waals surface area contributed by atoms with Gasteiger partial charge in [0.1, 0.15) is 11.3 Å². The zero-order chi connectivity index (χ0) is 11.5. The third kappa shape index (κ3) is 2.74. The van der Waals surface area contributed by atoms with Gasteiger partial charge in [-0.1, -0.05) is 18.2 Å². The lowest BCUT2D eigenvalue weighted by molar-refractivity contribution is 0.262. The Bertz CT molecular complexity index is 507. The first-order chi connectivity index (χ1) is 8.43. The maximum absolute atomic E-state index is 5.90. The fourth-order valence-corrected chi connectivity index (χ4v) is 2.26. The first kappa shape index (κ1) is 13.1. The molecule has 18 heavy (non-hydrogen) atoms. The number of hydrogen-bond donors (Lipinski definition) is 1. The summed E-state index contributed by atoms with van der Waals surface area (Å²) in [6, 6.07) is 10.1. The van der Waals surface area contributed by atoms with Gasteiger partial charge in [0.05, 0.1) is 6.61 Å². The molecule has 1 aromatic carbocycles. The lowest BCUT2D eigenvalue weighted by Crippen LogP contribution is -2.15. The smallest absolute Gasteiger partial charge is 0.145 e. The fraction of sp³-hybridized carbons (Fsp3) is 0.357. The molecule has 96 valence electrons. The number of nitrogens with one attached hydrogen (secondary N) is 1. The molecule has 2 aromatic rings. The van der Waals surface area contributed by atoms with Crippen LogP contribution in [-0.2, 0) is 0 Å². The van der Waals surface area contributed by atoms with Gasteiger partial charge in [0, 0.05) is 24.0 Å². The van der Waals surface area contributed by atoms with Crippen molar-refractivity contribution in [1.82, 2.24) is 10.3 Å². The van der Waals surface area contributed by atoms with E-state index in [2.05, 4.69) is 22.4 Å². The summed E-state index contributed by atoms with van der Waals surface area (Å²) < 4.78 is 5.90. The second-order valence-electron chi connectivity index (χ2n) is 4.50. The predicted molar refractivity (Wildman–Crippen MR) is 75.5 cm³/mol. The fourth-order valence-electron chi connectivity index (χ4n) is 2.26. The van der Waals surface area contributed by atoms with Crippen LogP contribution < -0.4 is 10.1 Å². The topological polar surface area (TPSA) is 34.1 Å². The highest BCUT2D eigenvalue weighted by Gasteiger charge is 2.15. The van der Waals surface area contributed by atoms with Gasteiger partial charge in [-0.25, -0.2) is 0 Å². The summed E-state index contributed by atoms with van der Waals surface area (Å²) in [5.41, 5.74) is 0.959. The Balaban J connectivity index is 0.00000120. The number of para-hydroxylation sites is 1. The quantitative estimate of drug-likeness (QED) is 0.926. The molecule has 0 aliphatic carbocycles. The zero-order valence-electron chi connectivity index (χ0n) is 10.1. The van der Waals surface area contributed by atoms with Crippen LogP contribution in [0.5, 0.6) is 5.75 Å². The normalized spacial score (nSPS) is 18.6. The van der Waals surface area contributed by atoms with Crippen LogP contribution in [0, 0.1) is 5.92 Å². The van der Waals surface area contributed by atoms with Crippen molar-refractivity contribution in [3.05, 3.63) is 36.5 Å². The Morgan fingerprint density at radius 2 is 2.17 bits per heavy atom. The van der Waals surface area contributed by atoms with Crippen LogP contribution in [0.15, 0.2) is 36.5 Å². The number of nitrogens with zero attached hydrogens (tertiary/aromatic N) is 1. The molecule has 1 saturated heterocycles. The van der Waals surface area contributed by atoms with E-state index in [1.54, 1.807) is 0 Å². The highest BCUT2D eigenvalue weighted by atomic mass is 35.5. The first-order valence-electron chi connectivity index (χ1n) is 6.11. The van der Waals surface area contributed by atoms with Crippen LogP contribution in [0.25, 0.3) is 10.9 Å². The summed E-state index contributed by atoms with van der Waals surface area (Å²) in [4.78, 5) is 4.39. The predicted octanol–water partition coefficient (Wildman–Crippen LogP) is 2.64. The van der Waals surface area contributed by atoms with Crippen molar-refractivity contribution in [3.63, 3.8) is 0 Å². The van der Waals surface area contributed by atoms with Gasteiger partial charge < -0.3 is 10.1 Å². The molecule has 3 nitrogen and oxygen atoms in total. The van der Waals surface area contributed by atoms with Gasteiger partial charge in [0.25, 0.3) is 0 Å². The van der Waals surface area contributed by atoms with Crippen LogP contribution in [0.2, 0.25) is 0 Å². The van der Waals surface area contributed by atoms with Crippen molar-refractivity contribution in [2.24, 2.45) is 5.92 Å². The van der Waals surface area contributed by atoms with Crippen LogP contribution in [-0.4, -0.2) is 24.7 Å². The van der Waals surface area contributed by atoms with E-state index in [0.717, 1.165) is 36.3 Å². The average Bonchev–Trinajstić information content (AvgIpc) is 2.89. The largest absolute Gasteiger partial charge is 0.491 e. The Morgan fingerprint density at radius 1 is 1.28 bits per heavy atom. The van der Waals surface area contributed by atoms with E-state index in [0.29, 0.717) is 5.92 Å². The summed E-state index contributed by atoms with van der Waals surface area (Å²) in [5.74, 6) is 1.53. The molecule has 0 radical (unpaired) electrons. The molecule has 3 rings (SSSR count). The van der Waals surface area contributed by atoms with E-state index >= 15 is 0 Å². The summed E-state index contributed by atoms with van der Waals surface area (Å²) in [5, 5.41) is 4.48. The molecule has 4 heteroatoms. The van der Waals surface area contributed by atoms with E-state index in [4.69, 9.17) is 4.74 Å². The molecule has 1 aromatic heterocycles. The standard InChI is InChI=1S/C14H16N2O.ClH/c1-3-12-4-2-7-16-14(12)13(5-1)17-10-11-6-8-15-9-11;/h1-5,7,11,15H,6,8-10H2;1H. The van der Waals surface area contributed by atoms with E-state index in [1.165, 1.54) is 6.42 Å². The highest BCUT2D eigenvalue weighted by molar-refractivity contribution is 5.85. The van der Waals surface area contributed by atoms with Gasteiger partial charge in [-0.2, -0.15) is 0 Å². The second-order valence-corrected chi connectivity index (χ2v) is 4.50. The minimum atomic E-state index is 0. The molecule has 0 amide bonds. The Hall–Kier alpha value is -1.32. The van der Waals surface area contributed by atoms with Crippen molar-refractivity contribution >= 4 is 23.3 Å². The number of fused-ring (bicyclic) bond motifs is 1. The number of rotatable bonds is 3. The van der Waals surface area contributed by atoms with Crippen LogP contribution in [0.1, 0.15) is 6.42 Å². The van der Waals surface area contributed by atoms with Crippen LogP contribution in [0.3, 0.4) is 0 Å². The highest BCUT2D eigenvalue weighted by Crippen LogP contribution is 2.23. The van der Waals surface area contributed by atoms with Crippen molar-refractivity contribution in [2.75, 3.05) is 19.7 Å². The lowest BCUT2D eigenvalue weighted by atomic mass is 10.1. The summed E-state index contributed by atoms with van der Waals surface area (Å²) >= 11 is 0. The van der Waals surface area contributed by atoms with Gasteiger partial charge in [0.2, 0.25) is 0 Å². The third-order valence-corrected chi connectivity index (χ3v) is 3.23. The molecule has 1 unspecified atom stereocenters. The van der Waals surface area contributed by atoms with Gasteiger partial charge in [-0.05, 0) is 25.1 Å². The number of aromatic nitrogens is 1. The SMILES string of the molecule is Cl.c1cnc2c(OCC3CCNC3)cccc2c1. The molecule has 1 fully saturated rings. The Labute approximate surface area is 113 Å². The van der Waals surface area contributed by atoms with E-state index in [1.807, 2.05) is 24.4 Å². The zero-order valence-corrected chi connectivity index (χ0v) is 11.0. The Kier molecular flexibility index (Phi) is 4.39. The second kappa shape index (κ2) is 6.03. The summed E-state index contributed by atoms with van der Waals surface area (Å²) in [7, 11) is 0. The van der Waals surface area contributed by atoms with Gasteiger partial charge >= 0.3 is 0 Å². The van der Waals surface area contributed by atoms with Crippen molar-refractivity contribution in [1.29, 1.82) is 0 Å². The molecule has 1 atom stereocenters. The monoisotopic (exact) mass is 264 g/mol. The van der Waals surface area contributed by atoms with Crippen molar-refractivity contribution in [2.45, 2.75) is 6.42 Å². The molecular weight excluding hydrogens is 248 g/mol. The molecule has 1 N–H and O–H groups in total. The van der Waals surface area contributed by atoms with E-state index in [9.17, 15) is 0 Å². The number of pyridine rings is 1. The molecule has 1 aliphatic heterocycles. The third-order valence-electron chi connectivity index (χ3n) is 3.23. The number of hydrogen-bond acceptors (Lipinski definition) is 3. The maximum atomic E-state index is 5.90. The maximum Gasteiger partial charge on any atom is 0.145 e. The van der Waals surface area contributed by atoms with Crippen molar-refractivity contribution < 1.29 is 4.74 Å². The number of halogens is 1. The number of ether oxygens (including phenoxy) is 1. The molecular formula is C14H17ClN2O. The van der Waals surface area contributed by atoms with E-state index in [-0.39, 0.29) is 12.4 Å². The number of benzene rings is 1. The first-order valence-corrected chi connectivity index (χ1v) is 6.11. The molecule has 0 bridgehead atoms. The summed E-state index contributed by atoms with van der Waals surface area (Å²) in [6.07, 6.45) is 3.02. The van der Waals surface area contributed by atoms with Gasteiger partial charge in [-0.3, -0.25) is 4.98 Å². The van der Waals surface area contributed by atoms with Gasteiger partial charge in [0.15, 0.2) is 0 Å². The molecule has 0 saturated carbocycles.